The number of hydrogen-bond acceptors (Lipinski definition) is 0. The van der Waals surface area contributed by atoms with E-state index in [0.717, 1.165) is 6.42 Å². The first-order valence-corrected chi connectivity index (χ1v) is 2.13. The number of rotatable bonds is 0. The van der Waals surface area contributed by atoms with Crippen molar-refractivity contribution in [3.8, 4) is 0 Å². The molecule has 0 aromatic rings. The molecule has 0 nitrogen and oxygen atoms in total. The molecule has 0 spiro atoms. The van der Waals surface area contributed by atoms with Crippen LogP contribution >= 0.6 is 0 Å². The molecule has 0 heterocycles. The average molecular weight is 436 g/mol. The quantitative estimate of drug-likeness (QED) is 0.205. The molecule has 3 heteroatoms. The molecule has 0 unspecified atom stereocenters. The van der Waals surface area contributed by atoms with E-state index in [-0.39, 0.29) is 67.4 Å². The van der Waals surface area contributed by atoms with Crippen LogP contribution in [0.2, 0.25) is 0 Å². The van der Waals surface area contributed by atoms with Crippen molar-refractivity contribution in [1.82, 2.24) is 0 Å². The van der Waals surface area contributed by atoms with Crippen molar-refractivity contribution in [3.05, 3.63) is 23.8 Å². The van der Waals surface area contributed by atoms with Crippen LogP contribution in [0, 0.1) is 6.08 Å². The van der Waals surface area contributed by atoms with E-state index in [0.29, 0.717) is 0 Å². The fourth-order valence-electron chi connectivity index (χ4n) is 0.515. The van der Waals surface area contributed by atoms with Gasteiger partial charge in [0.05, 0.1) is 0 Å². The molecule has 0 atom stereocenters. The molecular formula is C6H7I2Rh. The van der Waals surface area contributed by atoms with E-state index < -0.39 is 0 Å². The average Bonchev–Trinajstić information content (AvgIpc) is 1.86. The Hall–Kier alpha value is 1.56. The molecule has 0 amide bonds. The Kier molecular flexibility index (Phi) is 17.9. The van der Waals surface area contributed by atoms with E-state index >= 15 is 0 Å². The third kappa shape index (κ3) is 7.46. The Morgan fingerprint density at radius 3 is 2.11 bits per heavy atom. The minimum Gasteiger partial charge on any atom is -1.00 e. The first-order valence-electron chi connectivity index (χ1n) is 2.13. The SMILES string of the molecule is CC1=[C-]CC=C1.[I-].[I-].[Rh+3]. The molecule has 0 aromatic carbocycles. The van der Waals surface area contributed by atoms with Gasteiger partial charge in [0.1, 0.15) is 0 Å². The summed E-state index contributed by atoms with van der Waals surface area (Å²) in [5, 5.41) is 0. The molecule has 0 aliphatic heterocycles. The van der Waals surface area contributed by atoms with E-state index in [1.165, 1.54) is 5.57 Å². The van der Waals surface area contributed by atoms with E-state index in [1.807, 2.05) is 0 Å². The predicted molar refractivity (Wildman–Crippen MR) is 26.2 cm³/mol. The maximum absolute atomic E-state index is 3.12. The summed E-state index contributed by atoms with van der Waals surface area (Å²) >= 11 is 0. The van der Waals surface area contributed by atoms with Crippen LogP contribution < -0.4 is 48.0 Å². The van der Waals surface area contributed by atoms with Gasteiger partial charge in [0.25, 0.3) is 0 Å². The minimum atomic E-state index is 0. The topological polar surface area (TPSA) is 0 Å². The van der Waals surface area contributed by atoms with Crippen LogP contribution in [0.15, 0.2) is 17.7 Å². The van der Waals surface area contributed by atoms with E-state index in [9.17, 15) is 0 Å². The molecule has 0 bridgehead atoms. The molecule has 1 rings (SSSR count). The van der Waals surface area contributed by atoms with Crippen LogP contribution in [0.5, 0.6) is 0 Å². The van der Waals surface area contributed by atoms with Crippen LogP contribution in [-0.2, 0) is 19.5 Å². The summed E-state index contributed by atoms with van der Waals surface area (Å²) in [5.41, 5.74) is 1.27. The molecule has 1 aliphatic rings. The molecule has 9 heavy (non-hydrogen) atoms. The van der Waals surface area contributed by atoms with Crippen molar-refractivity contribution in [2.24, 2.45) is 0 Å². The van der Waals surface area contributed by atoms with Gasteiger partial charge in [0.2, 0.25) is 0 Å². The van der Waals surface area contributed by atoms with Gasteiger partial charge < -0.3 is 48.0 Å². The van der Waals surface area contributed by atoms with Gasteiger partial charge in [-0.3, -0.25) is 6.08 Å². The van der Waals surface area contributed by atoms with E-state index in [2.05, 4.69) is 25.2 Å². The van der Waals surface area contributed by atoms with E-state index in [4.69, 9.17) is 0 Å². The van der Waals surface area contributed by atoms with Gasteiger partial charge in [0.15, 0.2) is 0 Å². The predicted octanol–water partition coefficient (Wildman–Crippen LogP) is -4.30. The normalized spacial score (nSPS) is 12.3. The van der Waals surface area contributed by atoms with Crippen molar-refractivity contribution in [2.45, 2.75) is 13.3 Å². The Morgan fingerprint density at radius 1 is 1.44 bits per heavy atom. The molecule has 0 saturated heterocycles. The van der Waals surface area contributed by atoms with Crippen LogP contribution in [0.1, 0.15) is 13.3 Å². The van der Waals surface area contributed by atoms with Gasteiger partial charge in [-0.05, 0) is 0 Å². The molecule has 0 saturated carbocycles. The Labute approximate surface area is 103 Å². The molecule has 0 N–H and O–H groups in total. The van der Waals surface area contributed by atoms with Crippen molar-refractivity contribution < 1.29 is 67.4 Å². The second-order valence-corrected chi connectivity index (χ2v) is 1.47. The Morgan fingerprint density at radius 2 is 2.00 bits per heavy atom. The van der Waals surface area contributed by atoms with Crippen LogP contribution in [-0.4, -0.2) is 0 Å². The van der Waals surface area contributed by atoms with Gasteiger partial charge >= 0.3 is 19.5 Å². The maximum atomic E-state index is 3.12. The Balaban J connectivity index is -0.000000120. The van der Waals surface area contributed by atoms with Crippen LogP contribution in [0.3, 0.4) is 0 Å². The van der Waals surface area contributed by atoms with Gasteiger partial charge in [-0.2, -0.15) is 6.08 Å². The van der Waals surface area contributed by atoms with Crippen LogP contribution in [0.4, 0.5) is 0 Å². The smallest absolute Gasteiger partial charge is 1.00 e. The summed E-state index contributed by atoms with van der Waals surface area (Å²) in [6.45, 7) is 2.06. The third-order valence-corrected chi connectivity index (χ3v) is 0.867. The minimum absolute atomic E-state index is 0. The van der Waals surface area contributed by atoms with Gasteiger partial charge in [0, 0.05) is 0 Å². The molecule has 0 aromatic heterocycles. The van der Waals surface area contributed by atoms with Crippen molar-refractivity contribution in [1.29, 1.82) is 0 Å². The molecular weight excluding hydrogens is 429 g/mol. The second kappa shape index (κ2) is 9.56. The third-order valence-electron chi connectivity index (χ3n) is 0.867. The summed E-state index contributed by atoms with van der Waals surface area (Å²) in [4.78, 5) is 0. The van der Waals surface area contributed by atoms with Crippen molar-refractivity contribution >= 4 is 0 Å². The molecule has 0 fully saturated rings. The number of halogens is 2. The van der Waals surface area contributed by atoms with Crippen molar-refractivity contribution in [3.63, 3.8) is 0 Å². The maximum Gasteiger partial charge on any atom is 3.00 e. The zero-order valence-electron chi connectivity index (χ0n) is 4.95. The summed E-state index contributed by atoms with van der Waals surface area (Å²) in [5.74, 6) is 0. The van der Waals surface area contributed by atoms with Gasteiger partial charge in [-0.15, -0.1) is 6.42 Å². The monoisotopic (exact) mass is 436 g/mol. The summed E-state index contributed by atoms with van der Waals surface area (Å²) in [6, 6.07) is 0. The zero-order chi connectivity index (χ0) is 4.41. The van der Waals surface area contributed by atoms with Crippen LogP contribution in [0.25, 0.3) is 0 Å². The first-order chi connectivity index (χ1) is 2.89. The first kappa shape index (κ1) is 16.9. The summed E-state index contributed by atoms with van der Waals surface area (Å²) in [7, 11) is 0. The molecule has 54 valence electrons. The fraction of sp³-hybridized carbons (Fsp3) is 0.333. The number of hydrogen-bond donors (Lipinski definition) is 0. The molecule has 1 aliphatic carbocycles. The second-order valence-electron chi connectivity index (χ2n) is 1.47. The van der Waals surface area contributed by atoms with Gasteiger partial charge in [-0.25, -0.2) is 11.6 Å². The number of allylic oxidation sites excluding steroid dienone is 4. The van der Waals surface area contributed by atoms with Crippen molar-refractivity contribution in [2.75, 3.05) is 0 Å². The summed E-state index contributed by atoms with van der Waals surface area (Å²) in [6.07, 6.45) is 8.33. The fourth-order valence-corrected chi connectivity index (χ4v) is 0.515. The summed E-state index contributed by atoms with van der Waals surface area (Å²) < 4.78 is 0. The zero-order valence-corrected chi connectivity index (χ0v) is 10.9. The van der Waals surface area contributed by atoms with E-state index in [1.54, 1.807) is 0 Å². The Bertz CT molecular complexity index is 105. The standard InChI is InChI=1S/C6H7.2HI.Rh/c1-6-4-2-3-5-6;;;/h2,4H,3H2,1H3;2*1H;/q-1;;;+3/p-2. The van der Waals surface area contributed by atoms with Gasteiger partial charge in [-0.1, -0.05) is 6.92 Å². The molecule has 0 radical (unpaired) electrons. The largest absolute Gasteiger partial charge is 3.00 e.